The van der Waals surface area contributed by atoms with Gasteiger partial charge in [-0.05, 0) is 19.3 Å². The predicted molar refractivity (Wildman–Crippen MR) is 67.6 cm³/mol. The predicted octanol–water partition coefficient (Wildman–Crippen LogP) is 2.20. The van der Waals surface area contributed by atoms with Crippen LogP contribution in [0.15, 0.2) is 0 Å². The third-order valence-electron chi connectivity index (χ3n) is 2.58. The van der Waals surface area contributed by atoms with Gasteiger partial charge in [-0.2, -0.15) is 0 Å². The molecular weight excluding hydrogens is 222 g/mol. The van der Waals surface area contributed by atoms with Gasteiger partial charge in [0.2, 0.25) is 0 Å². The first-order chi connectivity index (χ1) is 7.45. The SMILES string of the molecule is CCC(NC(=O)c1sc(N)nc1C)C(C)C. The number of amides is 1. The average Bonchev–Trinajstić information content (AvgIpc) is 2.53. The van der Waals surface area contributed by atoms with E-state index in [1.807, 2.05) is 0 Å². The van der Waals surface area contributed by atoms with E-state index in [-0.39, 0.29) is 11.9 Å². The lowest BCUT2D eigenvalue weighted by molar-refractivity contribution is 0.0928. The summed E-state index contributed by atoms with van der Waals surface area (Å²) in [4.78, 5) is 16.6. The van der Waals surface area contributed by atoms with Crippen molar-refractivity contribution in [2.45, 2.75) is 40.2 Å². The van der Waals surface area contributed by atoms with Gasteiger partial charge >= 0.3 is 0 Å². The van der Waals surface area contributed by atoms with Gasteiger partial charge < -0.3 is 11.1 Å². The maximum Gasteiger partial charge on any atom is 0.263 e. The van der Waals surface area contributed by atoms with E-state index in [4.69, 9.17) is 5.73 Å². The topological polar surface area (TPSA) is 68.0 Å². The van der Waals surface area contributed by atoms with E-state index < -0.39 is 0 Å². The van der Waals surface area contributed by atoms with Crippen LogP contribution < -0.4 is 11.1 Å². The Morgan fingerprint density at radius 2 is 2.19 bits per heavy atom. The van der Waals surface area contributed by atoms with Crippen LogP contribution in [0.3, 0.4) is 0 Å². The molecular formula is C11H19N3OS. The van der Waals surface area contributed by atoms with Crippen molar-refractivity contribution in [3.05, 3.63) is 10.6 Å². The number of carbonyl (C=O) groups is 1. The Hall–Kier alpha value is -1.10. The number of hydrogen-bond acceptors (Lipinski definition) is 4. The van der Waals surface area contributed by atoms with Crippen molar-refractivity contribution >= 4 is 22.4 Å². The van der Waals surface area contributed by atoms with Crippen LogP contribution in [0.1, 0.15) is 42.6 Å². The minimum Gasteiger partial charge on any atom is -0.375 e. The average molecular weight is 241 g/mol. The molecule has 5 heteroatoms. The minimum atomic E-state index is -0.0627. The Morgan fingerprint density at radius 1 is 1.56 bits per heavy atom. The third-order valence-corrected chi connectivity index (χ3v) is 3.57. The van der Waals surface area contributed by atoms with Crippen LogP contribution >= 0.6 is 11.3 Å². The molecule has 0 spiro atoms. The summed E-state index contributed by atoms with van der Waals surface area (Å²) in [6, 6.07) is 0.204. The van der Waals surface area contributed by atoms with Crippen LogP contribution in [0.4, 0.5) is 5.13 Å². The summed E-state index contributed by atoms with van der Waals surface area (Å²) in [6.07, 6.45) is 0.927. The Bertz CT molecular complexity index is 373. The number of nitrogens with two attached hydrogens (primary N) is 1. The number of nitrogens with zero attached hydrogens (tertiary/aromatic N) is 1. The summed E-state index contributed by atoms with van der Waals surface area (Å²) in [6.45, 7) is 8.07. The Labute approximate surface area is 100 Å². The van der Waals surface area contributed by atoms with Gasteiger partial charge in [0.25, 0.3) is 5.91 Å². The zero-order chi connectivity index (χ0) is 12.3. The number of nitrogen functional groups attached to an aromatic ring is 1. The molecule has 0 fully saturated rings. The van der Waals surface area contributed by atoms with Gasteiger partial charge in [0.15, 0.2) is 5.13 Å². The minimum absolute atomic E-state index is 0.0627. The first-order valence-electron chi connectivity index (χ1n) is 5.49. The molecule has 1 rings (SSSR count). The molecule has 1 heterocycles. The molecule has 0 saturated carbocycles. The highest BCUT2D eigenvalue weighted by molar-refractivity contribution is 7.17. The molecule has 0 bridgehead atoms. The Balaban J connectivity index is 2.75. The molecule has 0 aliphatic heterocycles. The molecule has 1 unspecified atom stereocenters. The fraction of sp³-hybridized carbons (Fsp3) is 0.636. The highest BCUT2D eigenvalue weighted by Crippen LogP contribution is 2.20. The van der Waals surface area contributed by atoms with Crippen LogP contribution in [0.2, 0.25) is 0 Å². The number of anilines is 1. The first-order valence-corrected chi connectivity index (χ1v) is 6.31. The first kappa shape index (κ1) is 13.0. The largest absolute Gasteiger partial charge is 0.375 e. The normalized spacial score (nSPS) is 12.8. The lowest BCUT2D eigenvalue weighted by Gasteiger charge is -2.20. The molecule has 3 N–H and O–H groups in total. The van der Waals surface area contributed by atoms with E-state index in [0.29, 0.717) is 21.6 Å². The van der Waals surface area contributed by atoms with E-state index in [1.54, 1.807) is 6.92 Å². The smallest absolute Gasteiger partial charge is 0.263 e. The molecule has 0 aliphatic carbocycles. The number of thiazole rings is 1. The maximum absolute atomic E-state index is 12.0. The van der Waals surface area contributed by atoms with Crippen molar-refractivity contribution in [2.75, 3.05) is 5.73 Å². The molecule has 0 aliphatic rings. The van der Waals surface area contributed by atoms with Gasteiger partial charge in [0, 0.05) is 6.04 Å². The van der Waals surface area contributed by atoms with Gasteiger partial charge in [0.05, 0.1) is 5.69 Å². The second kappa shape index (κ2) is 5.30. The molecule has 1 amide bonds. The number of hydrogen-bond donors (Lipinski definition) is 2. The fourth-order valence-electron chi connectivity index (χ4n) is 1.60. The second-order valence-electron chi connectivity index (χ2n) is 4.20. The standard InChI is InChI=1S/C11H19N3OS/c1-5-8(6(2)3)14-10(15)9-7(4)13-11(12)16-9/h6,8H,5H2,1-4H3,(H2,12,13)(H,14,15). The molecule has 1 aromatic heterocycles. The summed E-state index contributed by atoms with van der Waals surface area (Å²) < 4.78 is 0. The lowest BCUT2D eigenvalue weighted by atomic mass is 10.0. The number of nitrogens with one attached hydrogen (secondary N) is 1. The highest BCUT2D eigenvalue weighted by atomic mass is 32.1. The van der Waals surface area contributed by atoms with Crippen LogP contribution in [0, 0.1) is 12.8 Å². The summed E-state index contributed by atoms with van der Waals surface area (Å²) in [5.74, 6) is 0.367. The van der Waals surface area contributed by atoms with E-state index in [9.17, 15) is 4.79 Å². The summed E-state index contributed by atoms with van der Waals surface area (Å²) in [7, 11) is 0. The number of aromatic nitrogens is 1. The van der Waals surface area contributed by atoms with Gasteiger partial charge in [-0.15, -0.1) is 0 Å². The number of aryl methyl sites for hydroxylation is 1. The van der Waals surface area contributed by atoms with Crippen molar-refractivity contribution in [2.24, 2.45) is 5.92 Å². The van der Waals surface area contributed by atoms with Gasteiger partial charge in [-0.25, -0.2) is 4.98 Å². The quantitative estimate of drug-likeness (QED) is 0.849. The van der Waals surface area contributed by atoms with Crippen LogP contribution in [0.25, 0.3) is 0 Å². The van der Waals surface area contributed by atoms with Crippen molar-refractivity contribution in [1.82, 2.24) is 10.3 Å². The van der Waals surface area contributed by atoms with Crippen molar-refractivity contribution < 1.29 is 4.79 Å². The lowest BCUT2D eigenvalue weighted by Crippen LogP contribution is -2.37. The molecule has 0 aromatic carbocycles. The van der Waals surface area contributed by atoms with Gasteiger partial charge in [-0.1, -0.05) is 32.1 Å². The van der Waals surface area contributed by atoms with E-state index >= 15 is 0 Å². The monoisotopic (exact) mass is 241 g/mol. The van der Waals surface area contributed by atoms with Crippen LogP contribution in [0.5, 0.6) is 0 Å². The van der Waals surface area contributed by atoms with Crippen LogP contribution in [-0.2, 0) is 0 Å². The number of rotatable bonds is 4. The zero-order valence-electron chi connectivity index (χ0n) is 10.2. The fourth-order valence-corrected chi connectivity index (χ4v) is 2.34. The van der Waals surface area contributed by atoms with Crippen LogP contribution in [-0.4, -0.2) is 16.9 Å². The zero-order valence-corrected chi connectivity index (χ0v) is 11.0. The summed E-state index contributed by atoms with van der Waals surface area (Å²) in [5.41, 5.74) is 6.27. The molecule has 0 saturated heterocycles. The third kappa shape index (κ3) is 2.95. The Morgan fingerprint density at radius 3 is 2.56 bits per heavy atom. The van der Waals surface area contributed by atoms with Crippen molar-refractivity contribution in [3.63, 3.8) is 0 Å². The molecule has 16 heavy (non-hydrogen) atoms. The second-order valence-corrected chi connectivity index (χ2v) is 5.23. The highest BCUT2D eigenvalue weighted by Gasteiger charge is 2.19. The van der Waals surface area contributed by atoms with E-state index in [2.05, 4.69) is 31.1 Å². The van der Waals surface area contributed by atoms with E-state index in [1.165, 1.54) is 11.3 Å². The molecule has 1 atom stereocenters. The molecule has 4 nitrogen and oxygen atoms in total. The van der Waals surface area contributed by atoms with Gasteiger partial charge in [-0.3, -0.25) is 4.79 Å². The molecule has 0 radical (unpaired) electrons. The summed E-state index contributed by atoms with van der Waals surface area (Å²) >= 11 is 1.24. The summed E-state index contributed by atoms with van der Waals surface area (Å²) in [5, 5.41) is 3.46. The number of carbonyl (C=O) groups excluding carboxylic acids is 1. The maximum atomic E-state index is 12.0. The van der Waals surface area contributed by atoms with Crippen molar-refractivity contribution in [3.8, 4) is 0 Å². The molecule has 90 valence electrons. The Kier molecular flexibility index (Phi) is 4.29. The van der Waals surface area contributed by atoms with Crippen molar-refractivity contribution in [1.29, 1.82) is 0 Å². The molecule has 1 aromatic rings. The van der Waals surface area contributed by atoms with E-state index in [0.717, 1.165) is 6.42 Å². The van der Waals surface area contributed by atoms with Gasteiger partial charge in [0.1, 0.15) is 4.88 Å².